The molecule has 3 atom stereocenters. The number of ether oxygens (including phenoxy) is 1. The zero-order valence-corrected chi connectivity index (χ0v) is 18.7. The molecule has 0 aliphatic heterocycles. The number of carboxylic acid groups (broad SMARTS) is 1. The van der Waals surface area contributed by atoms with Crippen molar-refractivity contribution in [2.24, 2.45) is 5.92 Å². The van der Waals surface area contributed by atoms with Gasteiger partial charge in [0.25, 0.3) is 5.91 Å². The van der Waals surface area contributed by atoms with Gasteiger partial charge in [-0.05, 0) is 35.1 Å². The number of alkyl carbamates (subject to hydrolysis) is 1. The van der Waals surface area contributed by atoms with Crippen LogP contribution in [-0.2, 0) is 14.3 Å². The highest BCUT2D eigenvalue weighted by atomic mass is 19.4. The molecule has 10 heteroatoms. The van der Waals surface area contributed by atoms with Crippen LogP contribution in [0.3, 0.4) is 0 Å². The van der Waals surface area contributed by atoms with Crippen LogP contribution in [0, 0.1) is 5.92 Å². The lowest BCUT2D eigenvalue weighted by Crippen LogP contribution is -2.58. The molecule has 1 fully saturated rings. The fourth-order valence-electron chi connectivity index (χ4n) is 4.92. The van der Waals surface area contributed by atoms with E-state index >= 15 is 0 Å². The van der Waals surface area contributed by atoms with Crippen molar-refractivity contribution < 1.29 is 37.4 Å². The zero-order chi connectivity index (χ0) is 25.2. The predicted molar refractivity (Wildman–Crippen MR) is 120 cm³/mol. The number of carbonyl (C=O) groups excluding carboxylic acids is 2. The average molecular weight is 490 g/mol. The summed E-state index contributed by atoms with van der Waals surface area (Å²) < 4.78 is 46.0. The van der Waals surface area contributed by atoms with E-state index < -0.39 is 42.1 Å². The standard InChI is InChI=1S/C25H25F3N2O5/c26-25(27,28)21(22(31)29-20-12-6-5-11-18(20)23(32)33)30-24(34)35-13-19-16-9-3-1-7-14(16)15-8-2-4-10-17(15)19/h1-4,7-10,18-21H,5-6,11-13H2,(H,29,31)(H,30,34)(H,32,33). The van der Waals surface area contributed by atoms with Crippen LogP contribution < -0.4 is 10.6 Å². The van der Waals surface area contributed by atoms with Gasteiger partial charge in [0.2, 0.25) is 6.04 Å². The maximum Gasteiger partial charge on any atom is 0.417 e. The third-order valence-electron chi connectivity index (χ3n) is 6.61. The second-order valence-electron chi connectivity index (χ2n) is 8.79. The molecule has 2 amide bonds. The maximum absolute atomic E-state index is 13.6. The Labute approximate surface area is 199 Å². The van der Waals surface area contributed by atoms with E-state index in [1.165, 1.54) is 0 Å². The molecule has 2 aromatic carbocycles. The minimum Gasteiger partial charge on any atom is -0.481 e. The third-order valence-corrected chi connectivity index (χ3v) is 6.61. The lowest BCUT2D eigenvalue weighted by Gasteiger charge is -2.31. The number of hydrogen-bond acceptors (Lipinski definition) is 4. The molecule has 7 nitrogen and oxygen atoms in total. The van der Waals surface area contributed by atoms with E-state index in [0.29, 0.717) is 12.8 Å². The first kappa shape index (κ1) is 24.6. The van der Waals surface area contributed by atoms with E-state index in [-0.39, 0.29) is 25.4 Å². The highest BCUT2D eigenvalue weighted by molar-refractivity contribution is 5.87. The van der Waals surface area contributed by atoms with Gasteiger partial charge in [-0.2, -0.15) is 13.2 Å². The summed E-state index contributed by atoms with van der Waals surface area (Å²) in [5.74, 6) is -4.02. The van der Waals surface area contributed by atoms with Gasteiger partial charge in [-0.1, -0.05) is 61.4 Å². The molecule has 3 unspecified atom stereocenters. The van der Waals surface area contributed by atoms with Crippen LogP contribution >= 0.6 is 0 Å². The van der Waals surface area contributed by atoms with Crippen LogP contribution in [0.1, 0.15) is 42.7 Å². The van der Waals surface area contributed by atoms with Crippen molar-refractivity contribution in [2.75, 3.05) is 6.61 Å². The van der Waals surface area contributed by atoms with E-state index in [9.17, 15) is 32.7 Å². The molecule has 0 saturated heterocycles. The van der Waals surface area contributed by atoms with Gasteiger partial charge < -0.3 is 20.5 Å². The maximum atomic E-state index is 13.6. The molecule has 1 saturated carbocycles. The summed E-state index contributed by atoms with van der Waals surface area (Å²) in [7, 11) is 0. The number of fused-ring (bicyclic) bond motifs is 3. The van der Waals surface area contributed by atoms with Gasteiger partial charge in [-0.25, -0.2) is 4.79 Å². The molecule has 0 heterocycles. The molecule has 4 rings (SSSR count). The van der Waals surface area contributed by atoms with Gasteiger partial charge in [-0.15, -0.1) is 0 Å². The predicted octanol–water partition coefficient (Wildman–Crippen LogP) is 4.22. The third kappa shape index (κ3) is 5.26. The summed E-state index contributed by atoms with van der Waals surface area (Å²) in [5, 5.41) is 13.1. The lowest BCUT2D eigenvalue weighted by atomic mass is 9.84. The second-order valence-corrected chi connectivity index (χ2v) is 8.79. The highest BCUT2D eigenvalue weighted by Crippen LogP contribution is 2.44. The zero-order valence-electron chi connectivity index (χ0n) is 18.7. The van der Waals surface area contributed by atoms with Crippen LogP contribution in [0.4, 0.5) is 18.0 Å². The molecule has 2 aliphatic rings. The number of carbonyl (C=O) groups is 3. The van der Waals surface area contributed by atoms with E-state index in [1.54, 1.807) is 5.32 Å². The van der Waals surface area contributed by atoms with Crippen molar-refractivity contribution in [3.05, 3.63) is 59.7 Å². The van der Waals surface area contributed by atoms with Crippen LogP contribution in [0.5, 0.6) is 0 Å². The Kier molecular flexibility index (Phi) is 7.00. The van der Waals surface area contributed by atoms with Gasteiger partial charge in [0, 0.05) is 12.0 Å². The molecule has 0 aromatic heterocycles. The van der Waals surface area contributed by atoms with Gasteiger partial charge in [-0.3, -0.25) is 9.59 Å². The molecular formula is C25H25F3N2O5. The lowest BCUT2D eigenvalue weighted by molar-refractivity contribution is -0.168. The van der Waals surface area contributed by atoms with Crippen LogP contribution in [0.15, 0.2) is 48.5 Å². The summed E-state index contributed by atoms with van der Waals surface area (Å²) >= 11 is 0. The number of carboxylic acids is 1. The summed E-state index contributed by atoms with van der Waals surface area (Å²) in [6.07, 6.45) is -4.77. The number of amides is 2. The topological polar surface area (TPSA) is 105 Å². The van der Waals surface area contributed by atoms with Gasteiger partial charge >= 0.3 is 18.2 Å². The smallest absolute Gasteiger partial charge is 0.417 e. The number of benzene rings is 2. The number of halogens is 3. The fourth-order valence-corrected chi connectivity index (χ4v) is 4.92. The van der Waals surface area contributed by atoms with Crippen molar-refractivity contribution in [1.82, 2.24) is 10.6 Å². The fraction of sp³-hybridized carbons (Fsp3) is 0.400. The number of rotatable bonds is 6. The minimum absolute atomic E-state index is 0.213. The average Bonchev–Trinajstić information content (AvgIpc) is 3.14. The SMILES string of the molecule is O=C(NC(C(=O)NC1CCCCC1C(=O)O)C(F)(F)F)OCC1c2ccccc2-c2ccccc21. The summed E-state index contributed by atoms with van der Waals surface area (Å²) in [5.41, 5.74) is 3.71. The first-order chi connectivity index (χ1) is 16.7. The number of alkyl halides is 3. The molecule has 2 aliphatic carbocycles. The molecule has 3 N–H and O–H groups in total. The Balaban J connectivity index is 1.42. The van der Waals surface area contributed by atoms with Crippen molar-refractivity contribution in [2.45, 2.75) is 49.9 Å². The molecule has 2 aromatic rings. The van der Waals surface area contributed by atoms with Crippen LogP contribution in [0.2, 0.25) is 0 Å². The van der Waals surface area contributed by atoms with Crippen molar-refractivity contribution >= 4 is 18.0 Å². The summed E-state index contributed by atoms with van der Waals surface area (Å²) in [6, 6.07) is 11.2. The van der Waals surface area contributed by atoms with Crippen LogP contribution in [-0.4, -0.2) is 47.9 Å². The van der Waals surface area contributed by atoms with Crippen molar-refractivity contribution in [1.29, 1.82) is 0 Å². The number of hydrogen-bond donors (Lipinski definition) is 3. The quantitative estimate of drug-likeness (QED) is 0.563. The normalized spacial score (nSPS) is 20.3. The van der Waals surface area contributed by atoms with Gasteiger partial charge in [0.05, 0.1) is 5.92 Å². The van der Waals surface area contributed by atoms with Gasteiger partial charge in [0.15, 0.2) is 0 Å². The Hall–Kier alpha value is -3.56. The number of aliphatic carboxylic acids is 1. The summed E-state index contributed by atoms with van der Waals surface area (Å²) in [6.45, 7) is -0.213. The monoisotopic (exact) mass is 490 g/mol. The summed E-state index contributed by atoms with van der Waals surface area (Å²) in [4.78, 5) is 36.2. The van der Waals surface area contributed by atoms with E-state index in [1.807, 2.05) is 48.5 Å². The molecule has 186 valence electrons. The second kappa shape index (κ2) is 9.97. The first-order valence-electron chi connectivity index (χ1n) is 11.4. The van der Waals surface area contributed by atoms with Crippen LogP contribution in [0.25, 0.3) is 11.1 Å². The van der Waals surface area contributed by atoms with Crippen molar-refractivity contribution in [3.63, 3.8) is 0 Å². The highest BCUT2D eigenvalue weighted by Gasteiger charge is 2.48. The Bertz CT molecular complexity index is 1070. The van der Waals surface area contributed by atoms with Crippen molar-refractivity contribution in [3.8, 4) is 11.1 Å². The molecule has 35 heavy (non-hydrogen) atoms. The van der Waals surface area contributed by atoms with Gasteiger partial charge in [0.1, 0.15) is 6.61 Å². The molecular weight excluding hydrogens is 465 g/mol. The molecule has 0 radical (unpaired) electrons. The molecule has 0 bridgehead atoms. The van der Waals surface area contributed by atoms with E-state index in [4.69, 9.17) is 4.74 Å². The largest absolute Gasteiger partial charge is 0.481 e. The number of nitrogens with one attached hydrogen (secondary N) is 2. The first-order valence-corrected chi connectivity index (χ1v) is 11.4. The Morgan fingerprint density at radius 2 is 1.54 bits per heavy atom. The Morgan fingerprint density at radius 3 is 2.11 bits per heavy atom. The van der Waals surface area contributed by atoms with E-state index in [0.717, 1.165) is 22.3 Å². The van der Waals surface area contributed by atoms with E-state index in [2.05, 4.69) is 5.32 Å². The molecule has 0 spiro atoms. The minimum atomic E-state index is -5.09. The Morgan fingerprint density at radius 1 is 0.971 bits per heavy atom.